The molecule has 1 fully saturated rings. The zero-order valence-corrected chi connectivity index (χ0v) is 14.0. The Bertz CT molecular complexity index is 794. The first kappa shape index (κ1) is 15.6. The summed E-state index contributed by atoms with van der Waals surface area (Å²) < 4.78 is 16.7. The van der Waals surface area contributed by atoms with E-state index in [1.165, 1.54) is 19.9 Å². The van der Waals surface area contributed by atoms with Crippen molar-refractivity contribution in [3.63, 3.8) is 0 Å². The van der Waals surface area contributed by atoms with Gasteiger partial charge in [0.2, 0.25) is 0 Å². The maximum Gasteiger partial charge on any atom is 0.348 e. The average molecular weight is 377 g/mol. The number of ether oxygens (including phenoxy) is 2. The van der Waals surface area contributed by atoms with Crippen molar-refractivity contribution in [3.05, 3.63) is 52.2 Å². The van der Waals surface area contributed by atoms with Crippen LogP contribution in [0.3, 0.4) is 0 Å². The lowest BCUT2D eigenvalue weighted by Crippen LogP contribution is -2.41. The van der Waals surface area contributed by atoms with E-state index in [1.807, 2.05) is 24.3 Å². The van der Waals surface area contributed by atoms with Crippen molar-refractivity contribution in [1.82, 2.24) is 0 Å². The molecule has 0 aliphatic carbocycles. The molecule has 23 heavy (non-hydrogen) atoms. The molecule has 6 heteroatoms. The van der Waals surface area contributed by atoms with E-state index >= 15 is 0 Å². The fraction of sp³-hybridized carbons (Fsp3) is 0.176. The number of hydrogen-bond acceptors (Lipinski definition) is 5. The molecule has 0 spiro atoms. The number of rotatable bonds is 2. The predicted octanol–water partition coefficient (Wildman–Crippen LogP) is 3.93. The molecule has 0 unspecified atom stereocenters. The minimum absolute atomic E-state index is 0.195. The Kier molecular flexibility index (Phi) is 3.85. The van der Waals surface area contributed by atoms with Crippen LogP contribution in [0.5, 0.6) is 0 Å². The zero-order valence-electron chi connectivity index (χ0n) is 12.5. The molecule has 5 nitrogen and oxygen atoms in total. The van der Waals surface area contributed by atoms with Gasteiger partial charge in [0.25, 0.3) is 5.79 Å². The minimum Gasteiger partial charge on any atom is -0.457 e. The third kappa shape index (κ3) is 3.37. The molecule has 1 saturated heterocycles. The van der Waals surface area contributed by atoms with Crippen LogP contribution in [0.1, 0.15) is 19.6 Å². The van der Waals surface area contributed by atoms with Crippen LogP contribution in [0, 0.1) is 0 Å². The summed E-state index contributed by atoms with van der Waals surface area (Å²) in [7, 11) is 0. The quantitative estimate of drug-likeness (QED) is 0.451. The number of carbonyl (C=O) groups excluding carboxylic acids is 2. The number of halogens is 1. The van der Waals surface area contributed by atoms with E-state index in [0.717, 1.165) is 10.0 Å². The molecule has 0 N–H and O–H groups in total. The summed E-state index contributed by atoms with van der Waals surface area (Å²) in [5.41, 5.74) is 0.679. The number of carbonyl (C=O) groups is 2. The van der Waals surface area contributed by atoms with E-state index in [9.17, 15) is 9.59 Å². The van der Waals surface area contributed by atoms with E-state index in [2.05, 4.69) is 15.9 Å². The monoisotopic (exact) mass is 376 g/mol. The van der Waals surface area contributed by atoms with E-state index in [4.69, 9.17) is 13.9 Å². The second kappa shape index (κ2) is 5.70. The van der Waals surface area contributed by atoms with Gasteiger partial charge in [0.1, 0.15) is 17.1 Å². The van der Waals surface area contributed by atoms with Gasteiger partial charge in [0.15, 0.2) is 0 Å². The van der Waals surface area contributed by atoms with Crippen molar-refractivity contribution in [2.75, 3.05) is 0 Å². The van der Waals surface area contributed by atoms with Crippen molar-refractivity contribution in [2.24, 2.45) is 0 Å². The molecular formula is C17H13BrO5. The smallest absolute Gasteiger partial charge is 0.348 e. The Morgan fingerprint density at radius 1 is 1.04 bits per heavy atom. The van der Waals surface area contributed by atoms with Crippen LogP contribution in [-0.4, -0.2) is 17.7 Å². The molecule has 1 aliphatic heterocycles. The van der Waals surface area contributed by atoms with Gasteiger partial charge in [-0.1, -0.05) is 28.1 Å². The van der Waals surface area contributed by atoms with Gasteiger partial charge in [0, 0.05) is 30.0 Å². The number of benzene rings is 1. The van der Waals surface area contributed by atoms with Crippen molar-refractivity contribution in [3.8, 4) is 11.3 Å². The molecule has 1 aliphatic rings. The lowest BCUT2D eigenvalue weighted by molar-refractivity contribution is -0.222. The van der Waals surface area contributed by atoms with Gasteiger partial charge in [-0.15, -0.1) is 0 Å². The highest BCUT2D eigenvalue weighted by atomic mass is 79.9. The standard InChI is InChI=1S/C17H13BrO5/c1-17(2)22-15(19)13(16(20)23-17)9-12-6-7-14(21-12)10-4-3-5-11(18)8-10/h3-9H,1-2H3. The van der Waals surface area contributed by atoms with E-state index in [-0.39, 0.29) is 5.57 Å². The Hall–Kier alpha value is -2.34. The number of hydrogen-bond donors (Lipinski definition) is 0. The largest absolute Gasteiger partial charge is 0.457 e. The van der Waals surface area contributed by atoms with Crippen LogP contribution in [-0.2, 0) is 19.1 Å². The molecule has 3 rings (SSSR count). The average Bonchev–Trinajstić information content (AvgIpc) is 2.90. The Labute approximate surface area is 141 Å². The molecule has 0 atom stereocenters. The van der Waals surface area contributed by atoms with Crippen LogP contribution >= 0.6 is 15.9 Å². The second-order valence-electron chi connectivity index (χ2n) is 5.45. The molecule has 0 radical (unpaired) electrons. The van der Waals surface area contributed by atoms with Crippen LogP contribution < -0.4 is 0 Å². The fourth-order valence-corrected chi connectivity index (χ4v) is 2.55. The number of furan rings is 1. The first-order valence-electron chi connectivity index (χ1n) is 6.88. The van der Waals surface area contributed by atoms with Crippen LogP contribution in [0.4, 0.5) is 0 Å². The van der Waals surface area contributed by atoms with Gasteiger partial charge in [-0.3, -0.25) is 0 Å². The number of cyclic esters (lactones) is 2. The summed E-state index contributed by atoms with van der Waals surface area (Å²) in [5, 5.41) is 0. The molecule has 118 valence electrons. The lowest BCUT2D eigenvalue weighted by atomic mass is 10.2. The Morgan fingerprint density at radius 2 is 1.74 bits per heavy atom. The van der Waals surface area contributed by atoms with Gasteiger partial charge < -0.3 is 13.9 Å². The molecule has 1 aromatic carbocycles. The molecule has 0 saturated carbocycles. The highest BCUT2D eigenvalue weighted by molar-refractivity contribution is 9.10. The summed E-state index contributed by atoms with van der Waals surface area (Å²) in [6.45, 7) is 3.00. The Morgan fingerprint density at radius 3 is 2.39 bits per heavy atom. The molecule has 2 heterocycles. The van der Waals surface area contributed by atoms with Gasteiger partial charge >= 0.3 is 11.9 Å². The highest BCUT2D eigenvalue weighted by Crippen LogP contribution is 2.28. The summed E-state index contributed by atoms with van der Waals surface area (Å²) in [4.78, 5) is 23.8. The normalized spacial score (nSPS) is 16.7. The Balaban J connectivity index is 1.89. The first-order valence-corrected chi connectivity index (χ1v) is 7.67. The molecule has 0 bridgehead atoms. The molecule has 1 aromatic heterocycles. The third-order valence-electron chi connectivity index (χ3n) is 3.14. The van der Waals surface area contributed by atoms with E-state index < -0.39 is 17.7 Å². The van der Waals surface area contributed by atoms with Crippen molar-refractivity contribution in [2.45, 2.75) is 19.6 Å². The zero-order chi connectivity index (χ0) is 16.6. The van der Waals surface area contributed by atoms with Gasteiger partial charge in [-0.2, -0.15) is 0 Å². The first-order chi connectivity index (χ1) is 10.8. The third-order valence-corrected chi connectivity index (χ3v) is 3.63. The van der Waals surface area contributed by atoms with Gasteiger partial charge in [-0.25, -0.2) is 9.59 Å². The SMILES string of the molecule is CC1(C)OC(=O)C(=Cc2ccc(-c3cccc(Br)c3)o2)C(=O)O1. The maximum absolute atomic E-state index is 11.9. The van der Waals surface area contributed by atoms with Crippen molar-refractivity contribution >= 4 is 33.9 Å². The summed E-state index contributed by atoms with van der Waals surface area (Å²) >= 11 is 3.40. The van der Waals surface area contributed by atoms with E-state index in [1.54, 1.807) is 12.1 Å². The van der Waals surface area contributed by atoms with Crippen molar-refractivity contribution in [1.29, 1.82) is 0 Å². The van der Waals surface area contributed by atoms with Crippen LogP contribution in [0.25, 0.3) is 17.4 Å². The van der Waals surface area contributed by atoms with E-state index in [0.29, 0.717) is 11.5 Å². The minimum atomic E-state index is -1.25. The summed E-state index contributed by atoms with van der Waals surface area (Å²) in [6, 6.07) is 11.0. The maximum atomic E-state index is 11.9. The molecule has 0 amide bonds. The van der Waals surface area contributed by atoms with Gasteiger partial charge in [0.05, 0.1) is 0 Å². The topological polar surface area (TPSA) is 65.7 Å². The lowest BCUT2D eigenvalue weighted by Gasteiger charge is -2.29. The highest BCUT2D eigenvalue weighted by Gasteiger charge is 2.39. The fourth-order valence-electron chi connectivity index (χ4n) is 2.15. The summed E-state index contributed by atoms with van der Waals surface area (Å²) in [5.74, 6) is -1.73. The number of esters is 2. The molecule has 2 aromatic rings. The van der Waals surface area contributed by atoms with Crippen molar-refractivity contribution < 1.29 is 23.5 Å². The molecular weight excluding hydrogens is 364 g/mol. The predicted molar refractivity (Wildman–Crippen MR) is 86.1 cm³/mol. The van der Waals surface area contributed by atoms with Crippen LogP contribution in [0.15, 0.2) is 50.9 Å². The second-order valence-corrected chi connectivity index (χ2v) is 6.36. The van der Waals surface area contributed by atoms with Gasteiger partial charge in [-0.05, 0) is 24.3 Å². The summed E-state index contributed by atoms with van der Waals surface area (Å²) in [6.07, 6.45) is 1.32. The van der Waals surface area contributed by atoms with Crippen LogP contribution in [0.2, 0.25) is 0 Å².